The normalized spacial score (nSPS) is 14.6. The molecule has 4 heteroatoms. The van der Waals surface area contributed by atoms with Crippen molar-refractivity contribution < 1.29 is 0 Å². The minimum absolute atomic E-state index is 0.768. The summed E-state index contributed by atoms with van der Waals surface area (Å²) in [5.41, 5.74) is 6.58. The van der Waals surface area contributed by atoms with Gasteiger partial charge in [0.15, 0.2) is 0 Å². The molecule has 0 atom stereocenters. The van der Waals surface area contributed by atoms with Gasteiger partial charge in [0.1, 0.15) is 0 Å². The number of aliphatic imine (C=N–C) groups is 1. The van der Waals surface area contributed by atoms with Crippen molar-refractivity contribution in [1.82, 2.24) is 0 Å². The molecule has 1 aromatic carbocycles. The van der Waals surface area contributed by atoms with E-state index in [-0.39, 0.29) is 0 Å². The highest BCUT2D eigenvalue weighted by Gasteiger charge is 2.11. The van der Waals surface area contributed by atoms with Crippen molar-refractivity contribution in [2.75, 3.05) is 18.1 Å². The Morgan fingerprint density at radius 2 is 2.27 bits per heavy atom. The lowest BCUT2D eigenvalue weighted by atomic mass is 10.3. The minimum Gasteiger partial charge on any atom is -0.330 e. The molecule has 0 bridgehead atoms. The molecule has 0 saturated heterocycles. The Labute approximate surface area is 98.7 Å². The van der Waals surface area contributed by atoms with Crippen LogP contribution in [0.25, 0.3) is 0 Å². The maximum atomic E-state index is 5.46. The van der Waals surface area contributed by atoms with Crippen molar-refractivity contribution in [3.8, 4) is 0 Å². The van der Waals surface area contributed by atoms with Gasteiger partial charge in [-0.2, -0.15) is 0 Å². The van der Waals surface area contributed by atoms with Gasteiger partial charge in [-0.05, 0) is 25.1 Å². The maximum absolute atomic E-state index is 5.46. The first-order chi connectivity index (χ1) is 7.40. The van der Waals surface area contributed by atoms with Crippen molar-refractivity contribution in [1.29, 1.82) is 0 Å². The molecule has 1 heterocycles. The third-order valence-electron chi connectivity index (χ3n) is 2.08. The summed E-state index contributed by atoms with van der Waals surface area (Å²) in [4.78, 5) is 5.93. The van der Waals surface area contributed by atoms with E-state index in [1.54, 1.807) is 0 Å². The fourth-order valence-electron chi connectivity index (χ4n) is 1.32. The minimum atomic E-state index is 0.768. The van der Waals surface area contributed by atoms with E-state index < -0.39 is 0 Å². The third-order valence-corrected chi connectivity index (χ3v) is 4.40. The molecule has 1 aromatic rings. The van der Waals surface area contributed by atoms with Crippen LogP contribution in [0.15, 0.2) is 34.2 Å². The first-order valence-electron chi connectivity index (χ1n) is 5.02. The molecule has 2 rings (SSSR count). The number of rotatable bonds is 3. The van der Waals surface area contributed by atoms with Gasteiger partial charge in [-0.15, -0.1) is 23.5 Å². The van der Waals surface area contributed by atoms with Gasteiger partial charge in [-0.3, -0.25) is 0 Å². The van der Waals surface area contributed by atoms with E-state index in [1.165, 1.54) is 9.94 Å². The van der Waals surface area contributed by atoms with Crippen LogP contribution in [-0.2, 0) is 0 Å². The van der Waals surface area contributed by atoms with Crippen LogP contribution in [0.1, 0.15) is 6.42 Å². The van der Waals surface area contributed by atoms with Crippen molar-refractivity contribution in [3.05, 3.63) is 24.3 Å². The summed E-state index contributed by atoms with van der Waals surface area (Å²) in [5, 5.41) is 1.23. The van der Waals surface area contributed by atoms with Crippen LogP contribution in [0.4, 0.5) is 5.69 Å². The smallest absolute Gasteiger partial charge is 0.0842 e. The number of nitrogens with zero attached hydrogens (tertiary/aromatic N) is 1. The van der Waals surface area contributed by atoms with E-state index in [4.69, 9.17) is 5.73 Å². The lowest BCUT2D eigenvalue weighted by Crippen LogP contribution is -2.05. The second-order valence-electron chi connectivity index (χ2n) is 3.25. The van der Waals surface area contributed by atoms with Crippen molar-refractivity contribution in [2.24, 2.45) is 10.7 Å². The summed E-state index contributed by atoms with van der Waals surface area (Å²) in [6.45, 7) is 0.768. The Morgan fingerprint density at radius 1 is 1.40 bits per heavy atom. The van der Waals surface area contributed by atoms with Crippen LogP contribution in [0.2, 0.25) is 0 Å². The molecule has 0 unspecified atom stereocenters. The highest BCUT2D eigenvalue weighted by molar-refractivity contribution is 8.16. The first kappa shape index (κ1) is 11.0. The molecule has 0 amide bonds. The monoisotopic (exact) mass is 238 g/mol. The molecule has 1 aliphatic heterocycles. The average molecular weight is 238 g/mol. The van der Waals surface area contributed by atoms with Gasteiger partial charge in [-0.1, -0.05) is 12.1 Å². The summed E-state index contributed by atoms with van der Waals surface area (Å²) in [6.07, 6.45) is 1.07. The Kier molecular flexibility index (Phi) is 4.11. The predicted octanol–water partition coefficient (Wildman–Crippen LogP) is 2.90. The molecule has 80 valence electrons. The third kappa shape index (κ3) is 3.00. The van der Waals surface area contributed by atoms with Crippen LogP contribution in [0.5, 0.6) is 0 Å². The van der Waals surface area contributed by atoms with E-state index in [0.717, 1.165) is 30.2 Å². The lowest BCUT2D eigenvalue weighted by molar-refractivity contribution is 0.945. The highest BCUT2D eigenvalue weighted by atomic mass is 32.2. The lowest BCUT2D eigenvalue weighted by Gasteiger charge is -2.13. The fourth-order valence-corrected chi connectivity index (χ4v) is 3.32. The van der Waals surface area contributed by atoms with Crippen LogP contribution >= 0.6 is 23.5 Å². The number of thioether (sulfide) groups is 2. The second kappa shape index (κ2) is 5.58. The number of benzene rings is 1. The predicted molar refractivity (Wildman–Crippen MR) is 70.4 cm³/mol. The summed E-state index contributed by atoms with van der Waals surface area (Å²) in [7, 11) is 0. The van der Waals surface area contributed by atoms with E-state index in [0.29, 0.717) is 0 Å². The number of fused-ring (bicyclic) bond motifs is 1. The molecule has 0 fully saturated rings. The summed E-state index contributed by atoms with van der Waals surface area (Å²) < 4.78 is 0. The van der Waals surface area contributed by atoms with Gasteiger partial charge in [0, 0.05) is 16.4 Å². The van der Waals surface area contributed by atoms with E-state index in [9.17, 15) is 0 Å². The second-order valence-corrected chi connectivity index (χ2v) is 5.44. The Morgan fingerprint density at radius 3 is 3.13 bits per heavy atom. The first-order valence-corrected chi connectivity index (χ1v) is 6.99. The molecular weight excluding hydrogens is 224 g/mol. The molecule has 0 saturated carbocycles. The molecule has 0 spiro atoms. The molecule has 0 aliphatic carbocycles. The molecule has 2 N–H and O–H groups in total. The van der Waals surface area contributed by atoms with Gasteiger partial charge >= 0.3 is 0 Å². The van der Waals surface area contributed by atoms with Crippen LogP contribution in [-0.4, -0.2) is 23.1 Å². The molecule has 15 heavy (non-hydrogen) atoms. The Balaban J connectivity index is 2.02. The highest BCUT2D eigenvalue weighted by Crippen LogP contribution is 2.35. The summed E-state index contributed by atoms with van der Waals surface area (Å²) in [6, 6.07) is 8.31. The SMILES string of the molecule is NCCCSC1=Nc2ccccc2SC1. The van der Waals surface area contributed by atoms with E-state index in [1.807, 2.05) is 29.6 Å². The average Bonchev–Trinajstić information content (AvgIpc) is 2.29. The molecule has 2 nitrogen and oxygen atoms in total. The number of para-hydroxylation sites is 1. The van der Waals surface area contributed by atoms with Crippen LogP contribution < -0.4 is 5.73 Å². The molecule has 0 aromatic heterocycles. The molecular formula is C11H14N2S2. The zero-order chi connectivity index (χ0) is 10.5. The summed E-state index contributed by atoms with van der Waals surface area (Å²) >= 11 is 3.71. The van der Waals surface area contributed by atoms with Crippen LogP contribution in [0, 0.1) is 0 Å². The van der Waals surface area contributed by atoms with Gasteiger partial charge in [0.25, 0.3) is 0 Å². The van der Waals surface area contributed by atoms with Crippen molar-refractivity contribution >= 4 is 34.3 Å². The number of hydrogen-bond acceptors (Lipinski definition) is 4. The zero-order valence-corrected chi connectivity index (χ0v) is 10.1. The number of nitrogens with two attached hydrogens (primary N) is 1. The largest absolute Gasteiger partial charge is 0.330 e. The van der Waals surface area contributed by atoms with Crippen LogP contribution in [0.3, 0.4) is 0 Å². The Bertz CT molecular complexity index is 363. The molecule has 0 radical (unpaired) electrons. The fraction of sp³-hybridized carbons (Fsp3) is 0.364. The van der Waals surface area contributed by atoms with Crippen molar-refractivity contribution in [3.63, 3.8) is 0 Å². The molecule has 1 aliphatic rings. The van der Waals surface area contributed by atoms with E-state index in [2.05, 4.69) is 23.2 Å². The maximum Gasteiger partial charge on any atom is 0.0842 e. The standard InChI is InChI=1S/C11H14N2S2/c12-6-3-7-14-11-8-15-10-5-2-1-4-9(10)13-11/h1-2,4-5H,3,6-8,12H2. The van der Waals surface area contributed by atoms with Crippen molar-refractivity contribution in [2.45, 2.75) is 11.3 Å². The summed E-state index contributed by atoms with van der Waals surface area (Å²) in [5.74, 6) is 2.09. The van der Waals surface area contributed by atoms with Gasteiger partial charge in [0.05, 0.1) is 10.7 Å². The zero-order valence-electron chi connectivity index (χ0n) is 8.48. The number of hydrogen-bond donors (Lipinski definition) is 1. The topological polar surface area (TPSA) is 38.4 Å². The van der Waals surface area contributed by atoms with Gasteiger partial charge in [0.2, 0.25) is 0 Å². The van der Waals surface area contributed by atoms with E-state index >= 15 is 0 Å². The van der Waals surface area contributed by atoms with Gasteiger partial charge < -0.3 is 5.73 Å². The van der Waals surface area contributed by atoms with Gasteiger partial charge in [-0.25, -0.2) is 4.99 Å². The quantitative estimate of drug-likeness (QED) is 0.823. The Hall–Kier alpha value is -0.450.